The summed E-state index contributed by atoms with van der Waals surface area (Å²) in [5, 5.41) is 9.44. The molecule has 0 saturated heterocycles. The molecule has 4 aromatic carbocycles. The Morgan fingerprint density at radius 3 is 1.91 bits per heavy atom. The Labute approximate surface area is 315 Å². The van der Waals surface area contributed by atoms with Crippen LogP contribution < -0.4 is 25.7 Å². The Balaban J connectivity index is 1.38. The van der Waals surface area contributed by atoms with Crippen LogP contribution in [0.2, 0.25) is 0 Å². The van der Waals surface area contributed by atoms with E-state index in [1.165, 1.54) is 24.3 Å². The summed E-state index contributed by atoms with van der Waals surface area (Å²) in [6, 6.07) is 18.7. The fourth-order valence-corrected chi connectivity index (χ4v) is 7.98. The number of hydrogen-bond acceptors (Lipinski definition) is 8. The van der Waals surface area contributed by atoms with E-state index in [0.29, 0.717) is 47.8 Å². The molecule has 5 N–H and O–H groups in total. The first-order valence-electron chi connectivity index (χ1n) is 17.2. The number of halogens is 4. The summed E-state index contributed by atoms with van der Waals surface area (Å²) >= 11 is 0. The summed E-state index contributed by atoms with van der Waals surface area (Å²) < 4.78 is 96.0. The Bertz CT molecular complexity index is 2580. The van der Waals surface area contributed by atoms with Crippen molar-refractivity contribution in [3.8, 4) is 45.3 Å². The third-order valence-electron chi connectivity index (χ3n) is 9.19. The van der Waals surface area contributed by atoms with Gasteiger partial charge >= 0.3 is 0 Å². The number of sulfonamides is 1. The molecule has 7 rings (SSSR count). The second-order valence-corrected chi connectivity index (χ2v) is 14.9. The van der Waals surface area contributed by atoms with Crippen molar-refractivity contribution < 1.29 is 35.5 Å². The Morgan fingerprint density at radius 2 is 1.31 bits per heavy atom. The van der Waals surface area contributed by atoms with E-state index in [2.05, 4.69) is 10.3 Å². The average Bonchev–Trinajstić information content (AvgIpc) is 3.10. The van der Waals surface area contributed by atoms with E-state index in [1.807, 2.05) is 32.0 Å². The van der Waals surface area contributed by atoms with Gasteiger partial charge in [-0.1, -0.05) is 0 Å². The molecule has 0 aliphatic heterocycles. The molecule has 14 heteroatoms. The summed E-state index contributed by atoms with van der Waals surface area (Å²) in [5.74, 6) is -3.52. The minimum atomic E-state index is -4.44. The van der Waals surface area contributed by atoms with Gasteiger partial charge in [0.1, 0.15) is 28.0 Å². The molecular weight excluding hydrogens is 735 g/mol. The quantitative estimate of drug-likeness (QED) is 0.0975. The van der Waals surface area contributed by atoms with Crippen molar-refractivity contribution in [2.75, 3.05) is 11.1 Å². The molecule has 55 heavy (non-hydrogen) atoms. The van der Waals surface area contributed by atoms with Crippen LogP contribution in [-0.2, 0) is 16.4 Å². The summed E-state index contributed by atoms with van der Waals surface area (Å²) in [6.07, 6.45) is 1.73. The van der Waals surface area contributed by atoms with Gasteiger partial charge in [-0.15, -0.1) is 0 Å². The molecular formula is C41H35F4N5O4S. The number of ether oxygens (including phenoxy) is 2. The molecule has 0 amide bonds. The molecule has 1 aliphatic rings. The van der Waals surface area contributed by atoms with Gasteiger partial charge < -0.3 is 20.5 Å². The topological polar surface area (TPSA) is 142 Å². The van der Waals surface area contributed by atoms with E-state index >= 15 is 0 Å². The van der Waals surface area contributed by atoms with Gasteiger partial charge in [0.15, 0.2) is 23.1 Å². The van der Waals surface area contributed by atoms with Gasteiger partial charge in [-0.3, -0.25) is 9.97 Å². The minimum absolute atomic E-state index is 0.0435. The van der Waals surface area contributed by atoms with Crippen LogP contribution in [0.4, 0.5) is 28.9 Å². The first-order chi connectivity index (χ1) is 26.1. The third-order valence-corrected chi connectivity index (χ3v) is 10.3. The minimum Gasteiger partial charge on any atom is -0.454 e. The monoisotopic (exact) mass is 769 g/mol. The first-order valence-corrected chi connectivity index (χ1v) is 18.8. The highest BCUT2D eigenvalue weighted by atomic mass is 32.2. The largest absolute Gasteiger partial charge is 0.454 e. The van der Waals surface area contributed by atoms with Crippen LogP contribution in [0.3, 0.4) is 0 Å². The molecule has 6 aromatic rings. The summed E-state index contributed by atoms with van der Waals surface area (Å²) in [7, 11) is -4.44. The van der Waals surface area contributed by atoms with E-state index in [1.54, 1.807) is 19.1 Å². The van der Waals surface area contributed by atoms with Crippen molar-refractivity contribution in [2.45, 2.75) is 51.0 Å². The molecule has 282 valence electrons. The second kappa shape index (κ2) is 14.7. The van der Waals surface area contributed by atoms with E-state index in [9.17, 15) is 26.0 Å². The summed E-state index contributed by atoms with van der Waals surface area (Å²) in [4.78, 5) is 8.93. The van der Waals surface area contributed by atoms with Crippen molar-refractivity contribution in [3.63, 3.8) is 0 Å². The highest BCUT2D eigenvalue weighted by Crippen LogP contribution is 2.47. The third kappa shape index (κ3) is 7.82. The fourth-order valence-electron chi connectivity index (χ4n) is 7.02. The predicted molar refractivity (Wildman–Crippen MR) is 202 cm³/mol. The number of rotatable bonds is 9. The zero-order valence-corrected chi connectivity index (χ0v) is 30.7. The van der Waals surface area contributed by atoms with E-state index in [4.69, 9.17) is 25.3 Å². The maximum absolute atomic E-state index is 14.9. The highest BCUT2D eigenvalue weighted by Gasteiger charge is 2.33. The molecule has 9 nitrogen and oxygen atoms in total. The smallest absolute Gasteiger partial charge is 0.240 e. The Hall–Kier alpha value is -5.99. The Morgan fingerprint density at radius 1 is 0.727 bits per heavy atom. The SMILES string of the molecule is Cc1cc(-c2cc(NC3CCCc4nc(C)c(S(N)(=O)=O)c(-c5cc(N)ccc5Oc5ccc(F)cc5F)c43)ccc2Oc2ccc(F)cc2F)cc(C)n1. The molecule has 1 aliphatic carbocycles. The zero-order valence-electron chi connectivity index (χ0n) is 29.9. The van der Waals surface area contributed by atoms with Crippen LogP contribution in [0, 0.1) is 44.0 Å². The maximum atomic E-state index is 14.9. The highest BCUT2D eigenvalue weighted by molar-refractivity contribution is 7.89. The van der Waals surface area contributed by atoms with Gasteiger partial charge in [-0.05, 0) is 118 Å². The molecule has 0 bridgehead atoms. The first kappa shape index (κ1) is 37.3. The fraction of sp³-hybridized carbons (Fsp3) is 0.171. The van der Waals surface area contributed by atoms with Crippen LogP contribution in [0.1, 0.15) is 47.2 Å². The maximum Gasteiger partial charge on any atom is 0.240 e. The number of anilines is 2. The van der Waals surface area contributed by atoms with Crippen LogP contribution in [0.15, 0.2) is 89.8 Å². The normalized spacial score (nSPS) is 14.0. The number of primary sulfonamides is 1. The van der Waals surface area contributed by atoms with Gasteiger partial charge in [-0.25, -0.2) is 31.1 Å². The molecule has 0 radical (unpaired) electrons. The summed E-state index contributed by atoms with van der Waals surface area (Å²) in [5.41, 5.74) is 11.5. The van der Waals surface area contributed by atoms with Crippen molar-refractivity contribution in [3.05, 3.63) is 137 Å². The molecule has 0 spiro atoms. The van der Waals surface area contributed by atoms with E-state index in [-0.39, 0.29) is 50.4 Å². The summed E-state index contributed by atoms with van der Waals surface area (Å²) in [6.45, 7) is 5.23. The predicted octanol–water partition coefficient (Wildman–Crippen LogP) is 9.60. The van der Waals surface area contributed by atoms with Crippen LogP contribution in [0.5, 0.6) is 23.0 Å². The average molecular weight is 770 g/mol. The molecule has 2 heterocycles. The number of aromatic nitrogens is 2. The lowest BCUT2D eigenvalue weighted by Gasteiger charge is -2.31. The van der Waals surface area contributed by atoms with Gasteiger partial charge in [0, 0.05) is 62.8 Å². The van der Waals surface area contributed by atoms with Crippen LogP contribution in [0.25, 0.3) is 22.3 Å². The van der Waals surface area contributed by atoms with Crippen LogP contribution in [-0.4, -0.2) is 18.4 Å². The number of pyridine rings is 2. The molecule has 1 unspecified atom stereocenters. The van der Waals surface area contributed by atoms with Crippen LogP contribution >= 0.6 is 0 Å². The number of aryl methyl sites for hydroxylation is 4. The molecule has 2 aromatic heterocycles. The number of benzene rings is 4. The lowest BCUT2D eigenvalue weighted by atomic mass is 9.84. The standard InChI is InChI=1S/C41H35F4N5O4S/c1-21-15-24(16-22(2)48-21)29-20-28(10-14-35(29)53-37-11-7-25(42)17-31(37)44)50-34-6-4-5-33-40(34)39(41(23(3)49-33)55(47,51)52)30-19-27(46)9-13-36(30)54-38-12-8-26(43)18-32(38)45/h7-20,34,50H,4-6,46H2,1-3H3,(H2,47,51,52). The molecule has 1 atom stereocenters. The van der Waals surface area contributed by atoms with Crippen molar-refractivity contribution in [1.82, 2.24) is 9.97 Å². The number of fused-ring (bicyclic) bond motifs is 1. The number of nitrogens with two attached hydrogens (primary N) is 2. The number of hydrogen-bond donors (Lipinski definition) is 3. The lowest BCUT2D eigenvalue weighted by molar-refractivity contribution is 0.439. The number of nitrogens with zero attached hydrogens (tertiary/aromatic N) is 2. The Kier molecular flexibility index (Phi) is 9.96. The second-order valence-electron chi connectivity index (χ2n) is 13.4. The van der Waals surface area contributed by atoms with E-state index in [0.717, 1.165) is 41.2 Å². The van der Waals surface area contributed by atoms with Gasteiger partial charge in [0.2, 0.25) is 10.0 Å². The molecule has 0 fully saturated rings. The van der Waals surface area contributed by atoms with Gasteiger partial charge in [-0.2, -0.15) is 0 Å². The molecule has 0 saturated carbocycles. The zero-order chi connectivity index (χ0) is 39.2. The van der Waals surface area contributed by atoms with Crippen molar-refractivity contribution >= 4 is 21.4 Å². The van der Waals surface area contributed by atoms with Gasteiger partial charge in [0.25, 0.3) is 0 Å². The van der Waals surface area contributed by atoms with Gasteiger partial charge in [0.05, 0.1) is 11.7 Å². The number of nitrogen functional groups attached to an aromatic ring is 1. The van der Waals surface area contributed by atoms with Crippen molar-refractivity contribution in [2.24, 2.45) is 5.14 Å². The number of nitrogens with one attached hydrogen (secondary N) is 1. The van der Waals surface area contributed by atoms with E-state index < -0.39 is 39.3 Å². The van der Waals surface area contributed by atoms with Crippen molar-refractivity contribution in [1.29, 1.82) is 0 Å². The lowest BCUT2D eigenvalue weighted by Crippen LogP contribution is -2.24.